The fraction of sp³-hybridized carbons (Fsp3) is 0. The van der Waals surface area contributed by atoms with Crippen LogP contribution in [0.15, 0.2) is 22.7 Å². The van der Waals surface area contributed by atoms with Gasteiger partial charge < -0.3 is 0 Å². The first-order valence-corrected chi connectivity index (χ1v) is 5.49. The Hall–Kier alpha value is -0.560. The van der Waals surface area contributed by atoms with Crippen molar-refractivity contribution in [2.75, 3.05) is 0 Å². The van der Waals surface area contributed by atoms with Crippen LogP contribution < -0.4 is 0 Å². The molecular formula is C9H3BrClNS. The summed E-state index contributed by atoms with van der Waals surface area (Å²) in [6.07, 6.45) is 0. The van der Waals surface area contributed by atoms with Crippen molar-refractivity contribution >= 4 is 49.0 Å². The second-order valence-corrected chi connectivity index (χ2v) is 4.81. The average molecular weight is 273 g/mol. The highest BCUT2D eigenvalue weighted by Gasteiger charge is 2.06. The largest absolute Gasteiger partial charge is 0.192 e. The van der Waals surface area contributed by atoms with Crippen molar-refractivity contribution in [1.82, 2.24) is 0 Å². The van der Waals surface area contributed by atoms with Crippen LogP contribution in [0.4, 0.5) is 0 Å². The monoisotopic (exact) mass is 271 g/mol. The summed E-state index contributed by atoms with van der Waals surface area (Å²) in [5, 5.41) is 10.3. The van der Waals surface area contributed by atoms with E-state index < -0.39 is 0 Å². The van der Waals surface area contributed by atoms with E-state index in [9.17, 15) is 0 Å². The molecule has 1 nitrogen and oxygen atoms in total. The fourth-order valence-corrected chi connectivity index (χ4v) is 2.59. The van der Waals surface area contributed by atoms with E-state index in [-0.39, 0.29) is 0 Å². The molecule has 0 aliphatic rings. The van der Waals surface area contributed by atoms with E-state index in [0.717, 1.165) is 14.6 Å². The van der Waals surface area contributed by atoms with Crippen LogP contribution >= 0.6 is 38.9 Å². The lowest BCUT2D eigenvalue weighted by Gasteiger charge is -1.95. The molecule has 1 aromatic carbocycles. The van der Waals surface area contributed by atoms with Crippen LogP contribution in [0.5, 0.6) is 0 Å². The van der Waals surface area contributed by atoms with Gasteiger partial charge in [-0.05, 0) is 34.1 Å². The molecule has 2 aromatic rings. The number of rotatable bonds is 0. The van der Waals surface area contributed by atoms with Crippen LogP contribution in [-0.4, -0.2) is 0 Å². The molecule has 4 heteroatoms. The van der Waals surface area contributed by atoms with Gasteiger partial charge in [0.25, 0.3) is 0 Å². The van der Waals surface area contributed by atoms with Crippen LogP contribution in [0.2, 0.25) is 5.02 Å². The lowest BCUT2D eigenvalue weighted by molar-refractivity contribution is 1.52. The topological polar surface area (TPSA) is 23.8 Å². The summed E-state index contributed by atoms with van der Waals surface area (Å²) in [4.78, 5) is 0.690. The highest BCUT2D eigenvalue weighted by molar-refractivity contribution is 9.10. The number of benzene rings is 1. The molecule has 0 saturated heterocycles. The normalized spacial score (nSPS) is 10.2. The van der Waals surface area contributed by atoms with Gasteiger partial charge in [0, 0.05) is 14.6 Å². The Labute approximate surface area is 92.7 Å². The summed E-state index contributed by atoms with van der Waals surface area (Å²) in [7, 11) is 0. The lowest BCUT2D eigenvalue weighted by Crippen LogP contribution is -1.68. The molecule has 1 heterocycles. The summed E-state index contributed by atoms with van der Waals surface area (Å²) in [6, 6.07) is 7.77. The maximum absolute atomic E-state index is 8.70. The predicted molar refractivity (Wildman–Crippen MR) is 59.3 cm³/mol. The molecule has 64 valence electrons. The molecule has 0 spiro atoms. The molecule has 0 fully saturated rings. The molecule has 2 rings (SSSR count). The molecule has 0 amide bonds. The zero-order valence-electron chi connectivity index (χ0n) is 6.34. The summed E-state index contributed by atoms with van der Waals surface area (Å²) in [6.45, 7) is 0. The number of nitrogens with zero attached hydrogens (tertiary/aromatic N) is 1. The number of hydrogen-bond acceptors (Lipinski definition) is 2. The minimum absolute atomic E-state index is 0.676. The van der Waals surface area contributed by atoms with Gasteiger partial charge in [-0.15, -0.1) is 11.3 Å². The SMILES string of the molecule is N#Cc1cc2c(Cl)c(Br)ccc2s1. The maximum Gasteiger partial charge on any atom is 0.110 e. The van der Waals surface area contributed by atoms with Gasteiger partial charge in [-0.1, -0.05) is 11.6 Å². The van der Waals surface area contributed by atoms with Crippen molar-refractivity contribution < 1.29 is 0 Å². The molecule has 0 unspecified atom stereocenters. The minimum Gasteiger partial charge on any atom is -0.192 e. The maximum atomic E-state index is 8.70. The number of fused-ring (bicyclic) bond motifs is 1. The smallest absolute Gasteiger partial charge is 0.110 e. The molecule has 0 saturated carbocycles. The van der Waals surface area contributed by atoms with E-state index in [1.807, 2.05) is 18.2 Å². The van der Waals surface area contributed by atoms with Gasteiger partial charge in [-0.25, -0.2) is 0 Å². The summed E-state index contributed by atoms with van der Waals surface area (Å²) < 4.78 is 1.91. The van der Waals surface area contributed by atoms with Gasteiger partial charge in [0.05, 0.1) is 5.02 Å². The Morgan fingerprint density at radius 3 is 2.92 bits per heavy atom. The minimum atomic E-state index is 0.676. The van der Waals surface area contributed by atoms with E-state index in [2.05, 4.69) is 22.0 Å². The quantitative estimate of drug-likeness (QED) is 0.705. The van der Waals surface area contributed by atoms with E-state index >= 15 is 0 Å². The van der Waals surface area contributed by atoms with E-state index in [4.69, 9.17) is 16.9 Å². The summed E-state index contributed by atoms with van der Waals surface area (Å²) in [5.41, 5.74) is 0. The predicted octanol–water partition coefficient (Wildman–Crippen LogP) is 4.19. The second kappa shape index (κ2) is 3.30. The van der Waals surface area contributed by atoms with E-state index in [1.54, 1.807) is 0 Å². The van der Waals surface area contributed by atoms with Crippen molar-refractivity contribution in [1.29, 1.82) is 5.26 Å². The van der Waals surface area contributed by atoms with Gasteiger partial charge in [-0.3, -0.25) is 0 Å². The number of halogens is 2. The number of hydrogen-bond donors (Lipinski definition) is 0. The van der Waals surface area contributed by atoms with Crippen LogP contribution in [-0.2, 0) is 0 Å². The summed E-state index contributed by atoms with van der Waals surface area (Å²) in [5.74, 6) is 0. The van der Waals surface area contributed by atoms with Gasteiger partial charge in [0.1, 0.15) is 10.9 Å². The zero-order valence-corrected chi connectivity index (χ0v) is 9.50. The highest BCUT2D eigenvalue weighted by Crippen LogP contribution is 2.35. The Bertz CT molecular complexity index is 512. The molecular weight excluding hydrogens is 270 g/mol. The molecule has 0 radical (unpaired) electrons. The van der Waals surface area contributed by atoms with Gasteiger partial charge in [-0.2, -0.15) is 5.26 Å². The van der Waals surface area contributed by atoms with E-state index in [0.29, 0.717) is 9.90 Å². The Kier molecular flexibility index (Phi) is 2.29. The van der Waals surface area contributed by atoms with Crippen molar-refractivity contribution in [2.24, 2.45) is 0 Å². The highest BCUT2D eigenvalue weighted by atomic mass is 79.9. The van der Waals surface area contributed by atoms with Crippen LogP contribution in [0.25, 0.3) is 10.1 Å². The first-order chi connectivity index (χ1) is 6.22. The molecule has 1 aromatic heterocycles. The third-order valence-electron chi connectivity index (χ3n) is 1.70. The van der Waals surface area contributed by atoms with Crippen molar-refractivity contribution in [3.63, 3.8) is 0 Å². The molecule has 13 heavy (non-hydrogen) atoms. The third kappa shape index (κ3) is 1.46. The molecule has 0 bridgehead atoms. The Morgan fingerprint density at radius 1 is 1.46 bits per heavy atom. The molecule has 0 N–H and O–H groups in total. The average Bonchev–Trinajstić information content (AvgIpc) is 2.55. The lowest BCUT2D eigenvalue weighted by atomic mass is 10.2. The van der Waals surface area contributed by atoms with Gasteiger partial charge >= 0.3 is 0 Å². The summed E-state index contributed by atoms with van der Waals surface area (Å²) >= 11 is 10.8. The Balaban J connectivity index is 2.86. The van der Waals surface area contributed by atoms with Crippen LogP contribution in [0.1, 0.15) is 4.88 Å². The standard InChI is InChI=1S/C9H3BrClNS/c10-7-1-2-8-6(9(7)11)3-5(4-12)13-8/h1-3H. The molecule has 0 aliphatic heterocycles. The second-order valence-electron chi connectivity index (χ2n) is 2.50. The van der Waals surface area contributed by atoms with E-state index in [1.165, 1.54) is 11.3 Å². The third-order valence-corrected chi connectivity index (χ3v) is 4.00. The van der Waals surface area contributed by atoms with Gasteiger partial charge in [0.2, 0.25) is 0 Å². The number of thiophene rings is 1. The molecule has 0 atom stereocenters. The van der Waals surface area contributed by atoms with Crippen molar-refractivity contribution in [3.8, 4) is 6.07 Å². The first-order valence-electron chi connectivity index (χ1n) is 3.50. The van der Waals surface area contributed by atoms with Crippen molar-refractivity contribution in [2.45, 2.75) is 0 Å². The van der Waals surface area contributed by atoms with Crippen molar-refractivity contribution in [3.05, 3.63) is 32.6 Å². The Morgan fingerprint density at radius 2 is 2.23 bits per heavy atom. The molecule has 0 aliphatic carbocycles. The first kappa shape index (κ1) is 9.01. The van der Waals surface area contributed by atoms with Crippen LogP contribution in [0, 0.1) is 11.3 Å². The number of nitriles is 1. The van der Waals surface area contributed by atoms with Gasteiger partial charge in [0.15, 0.2) is 0 Å². The zero-order chi connectivity index (χ0) is 9.42. The van der Waals surface area contributed by atoms with Crippen LogP contribution in [0.3, 0.4) is 0 Å². The fourth-order valence-electron chi connectivity index (χ4n) is 1.11.